The maximum atomic E-state index is 12.4. The van der Waals surface area contributed by atoms with Crippen LogP contribution in [0.25, 0.3) is 10.9 Å². The number of nitrogens with zero attached hydrogens (tertiary/aromatic N) is 1. The second-order valence-corrected chi connectivity index (χ2v) is 10.2. The van der Waals surface area contributed by atoms with Gasteiger partial charge in [0.05, 0.1) is 18.4 Å². The van der Waals surface area contributed by atoms with Crippen LogP contribution in [-0.4, -0.2) is 76.4 Å². The summed E-state index contributed by atoms with van der Waals surface area (Å²) in [6.45, 7) is 6.45. The molecule has 1 aromatic carbocycles. The summed E-state index contributed by atoms with van der Waals surface area (Å²) in [6, 6.07) is 6.39. The van der Waals surface area contributed by atoms with Crippen molar-refractivity contribution in [3.63, 3.8) is 0 Å². The number of fused-ring (bicyclic) bond motifs is 2. The lowest BCUT2D eigenvalue weighted by molar-refractivity contribution is -0.136. The molecule has 1 fully saturated rings. The molecule has 1 aromatic heterocycles. The number of aliphatic hydroxyl groups is 1. The Kier molecular flexibility index (Phi) is 7.71. The minimum Gasteiger partial charge on any atom is -0.394 e. The standard InChI is InChI=1S/C25H35N3O3S/c1-3-8-28-12-16(14-32-15-23(30)25(31)21(13-29)26-4-2)9-19-18-6-5-7-20-24(18)17(11-27-20)10-22(19)28/h5-7,11,16,19,21-22,26-27,29H,3-4,8-10,12-15H2,1-2H3/t16-,19?,21+,22-/m1/s1. The molecule has 32 heavy (non-hydrogen) atoms. The average Bonchev–Trinajstić information content (AvgIpc) is 3.22. The molecule has 1 unspecified atom stereocenters. The SMILES string of the molecule is CCCN1C[C@H](CSCC(=O)C(=O)[C@H](CO)NCC)CC2c3cccc4[nH]cc(c34)C[C@H]21. The van der Waals surface area contributed by atoms with Crippen molar-refractivity contribution in [1.29, 1.82) is 0 Å². The van der Waals surface area contributed by atoms with E-state index in [9.17, 15) is 14.7 Å². The van der Waals surface area contributed by atoms with Gasteiger partial charge in [0.15, 0.2) is 0 Å². The van der Waals surface area contributed by atoms with Crippen LogP contribution in [0.2, 0.25) is 0 Å². The monoisotopic (exact) mass is 457 g/mol. The topological polar surface area (TPSA) is 85.4 Å². The summed E-state index contributed by atoms with van der Waals surface area (Å²) in [5.41, 5.74) is 4.14. The molecule has 1 aliphatic heterocycles. The number of Topliss-reactive ketones (excluding diaryl/α,β-unsaturated/α-hetero) is 2. The molecule has 4 atom stereocenters. The normalized spacial score (nSPS) is 23.8. The Bertz CT molecular complexity index is 959. The summed E-state index contributed by atoms with van der Waals surface area (Å²) >= 11 is 1.57. The first-order valence-corrected chi connectivity index (χ1v) is 13.0. The molecule has 0 radical (unpaired) electrons. The number of hydrogen-bond acceptors (Lipinski definition) is 6. The van der Waals surface area contributed by atoms with Crippen LogP contribution in [0.1, 0.15) is 43.7 Å². The highest BCUT2D eigenvalue weighted by Crippen LogP contribution is 2.45. The van der Waals surface area contributed by atoms with Crippen LogP contribution in [0.4, 0.5) is 0 Å². The van der Waals surface area contributed by atoms with E-state index in [4.69, 9.17) is 0 Å². The fourth-order valence-corrected chi connectivity index (χ4v) is 6.65. The number of benzene rings is 1. The van der Waals surface area contributed by atoms with Crippen molar-refractivity contribution in [1.82, 2.24) is 15.2 Å². The van der Waals surface area contributed by atoms with E-state index in [1.807, 2.05) is 6.92 Å². The van der Waals surface area contributed by atoms with E-state index >= 15 is 0 Å². The third kappa shape index (κ3) is 4.67. The van der Waals surface area contributed by atoms with Gasteiger partial charge in [0.25, 0.3) is 0 Å². The van der Waals surface area contributed by atoms with Crippen LogP contribution in [0, 0.1) is 5.92 Å². The number of piperidine rings is 1. The zero-order valence-electron chi connectivity index (χ0n) is 19.1. The maximum Gasteiger partial charge on any atom is 0.218 e. The number of thioether (sulfide) groups is 1. The van der Waals surface area contributed by atoms with Gasteiger partial charge in [0.1, 0.15) is 0 Å². The van der Waals surface area contributed by atoms with Gasteiger partial charge >= 0.3 is 0 Å². The molecular weight excluding hydrogens is 422 g/mol. The molecule has 4 rings (SSSR count). The molecule has 1 saturated heterocycles. The Morgan fingerprint density at radius 3 is 2.94 bits per heavy atom. The fourth-order valence-electron chi connectivity index (χ4n) is 5.63. The first-order chi connectivity index (χ1) is 15.6. The van der Waals surface area contributed by atoms with E-state index < -0.39 is 17.6 Å². The van der Waals surface area contributed by atoms with Crippen molar-refractivity contribution in [2.24, 2.45) is 5.92 Å². The van der Waals surface area contributed by atoms with Crippen molar-refractivity contribution in [3.8, 4) is 0 Å². The average molecular weight is 458 g/mol. The van der Waals surface area contributed by atoms with Gasteiger partial charge in [-0.3, -0.25) is 14.5 Å². The lowest BCUT2D eigenvalue weighted by atomic mass is 9.72. The van der Waals surface area contributed by atoms with E-state index in [1.165, 1.54) is 22.0 Å². The summed E-state index contributed by atoms with van der Waals surface area (Å²) in [7, 11) is 0. The van der Waals surface area contributed by atoms with Crippen LogP contribution < -0.4 is 5.32 Å². The molecule has 2 aromatic rings. The van der Waals surface area contributed by atoms with Crippen LogP contribution in [0.15, 0.2) is 24.4 Å². The number of nitrogens with one attached hydrogen (secondary N) is 2. The highest BCUT2D eigenvalue weighted by molar-refractivity contribution is 8.00. The number of likely N-dealkylation sites (tertiary alicyclic amines) is 1. The minimum absolute atomic E-state index is 0.191. The predicted molar refractivity (Wildman–Crippen MR) is 130 cm³/mol. The van der Waals surface area contributed by atoms with Crippen LogP contribution in [-0.2, 0) is 16.0 Å². The highest BCUT2D eigenvalue weighted by atomic mass is 32.2. The van der Waals surface area contributed by atoms with Crippen molar-refractivity contribution < 1.29 is 14.7 Å². The number of hydrogen-bond donors (Lipinski definition) is 3. The number of likely N-dealkylation sites (N-methyl/N-ethyl adjacent to an activating group) is 1. The zero-order chi connectivity index (χ0) is 22.7. The van der Waals surface area contributed by atoms with E-state index in [0.29, 0.717) is 24.4 Å². The summed E-state index contributed by atoms with van der Waals surface area (Å²) < 4.78 is 0. The first-order valence-electron chi connectivity index (χ1n) is 11.9. The van der Waals surface area contributed by atoms with E-state index in [2.05, 4.69) is 46.5 Å². The number of aromatic nitrogens is 1. The van der Waals surface area contributed by atoms with E-state index in [0.717, 1.165) is 38.1 Å². The Labute approximate surface area is 194 Å². The number of H-pyrrole nitrogens is 1. The molecule has 7 heteroatoms. The van der Waals surface area contributed by atoms with Crippen molar-refractivity contribution >= 4 is 34.2 Å². The summed E-state index contributed by atoms with van der Waals surface area (Å²) in [4.78, 5) is 30.7. The van der Waals surface area contributed by atoms with Gasteiger partial charge in [-0.25, -0.2) is 0 Å². The Balaban J connectivity index is 1.42. The van der Waals surface area contributed by atoms with Gasteiger partial charge in [0, 0.05) is 35.6 Å². The van der Waals surface area contributed by atoms with Crippen molar-refractivity contribution in [2.75, 3.05) is 37.7 Å². The van der Waals surface area contributed by atoms with Gasteiger partial charge in [-0.2, -0.15) is 11.8 Å². The Morgan fingerprint density at radius 1 is 1.34 bits per heavy atom. The number of carbonyl (C=O) groups is 2. The second-order valence-electron chi connectivity index (χ2n) is 9.15. The summed E-state index contributed by atoms with van der Waals surface area (Å²) in [5.74, 6) is 1.18. The quantitative estimate of drug-likeness (QED) is 0.450. The molecular formula is C25H35N3O3S. The molecule has 1 aliphatic carbocycles. The third-order valence-electron chi connectivity index (χ3n) is 6.98. The number of rotatable bonds is 11. The number of aromatic amines is 1. The van der Waals surface area contributed by atoms with Gasteiger partial charge < -0.3 is 15.4 Å². The zero-order valence-corrected chi connectivity index (χ0v) is 19.9. The molecule has 6 nitrogen and oxygen atoms in total. The summed E-state index contributed by atoms with van der Waals surface area (Å²) in [6.07, 6.45) is 5.54. The highest BCUT2D eigenvalue weighted by Gasteiger charge is 2.40. The lowest BCUT2D eigenvalue weighted by Gasteiger charge is -2.47. The number of carbonyl (C=O) groups excluding carboxylic acids is 2. The number of aliphatic hydroxyl groups excluding tert-OH is 1. The van der Waals surface area contributed by atoms with Gasteiger partial charge in [-0.15, -0.1) is 0 Å². The molecule has 0 spiro atoms. The largest absolute Gasteiger partial charge is 0.394 e. The fraction of sp³-hybridized carbons (Fsp3) is 0.600. The molecule has 0 amide bonds. The maximum absolute atomic E-state index is 12.4. The molecule has 3 N–H and O–H groups in total. The van der Waals surface area contributed by atoms with Crippen LogP contribution in [0.5, 0.6) is 0 Å². The Hall–Kier alpha value is -1.67. The Morgan fingerprint density at radius 2 is 2.19 bits per heavy atom. The molecule has 2 aliphatic rings. The predicted octanol–water partition coefficient (Wildman–Crippen LogP) is 2.75. The van der Waals surface area contributed by atoms with E-state index in [-0.39, 0.29) is 12.4 Å². The minimum atomic E-state index is -0.776. The number of ketones is 2. The molecule has 2 heterocycles. The van der Waals surface area contributed by atoms with E-state index in [1.54, 1.807) is 11.8 Å². The van der Waals surface area contributed by atoms with Gasteiger partial charge in [0.2, 0.25) is 11.6 Å². The van der Waals surface area contributed by atoms with Crippen molar-refractivity contribution in [2.45, 2.75) is 51.1 Å². The summed E-state index contributed by atoms with van der Waals surface area (Å²) in [5, 5.41) is 13.7. The van der Waals surface area contributed by atoms with Gasteiger partial charge in [-0.1, -0.05) is 26.0 Å². The molecule has 0 bridgehead atoms. The van der Waals surface area contributed by atoms with Crippen LogP contribution >= 0.6 is 11.8 Å². The van der Waals surface area contributed by atoms with Crippen molar-refractivity contribution in [3.05, 3.63) is 35.5 Å². The van der Waals surface area contributed by atoms with Crippen LogP contribution in [0.3, 0.4) is 0 Å². The smallest absolute Gasteiger partial charge is 0.218 e. The third-order valence-corrected chi connectivity index (χ3v) is 8.16. The molecule has 174 valence electrons. The lowest BCUT2D eigenvalue weighted by Crippen LogP contribution is -2.50. The van der Waals surface area contributed by atoms with Gasteiger partial charge in [-0.05, 0) is 61.2 Å². The second kappa shape index (κ2) is 10.5. The first kappa shape index (κ1) is 23.5. The molecule has 0 saturated carbocycles.